The number of aromatic nitrogens is 1. The lowest BCUT2D eigenvalue weighted by atomic mass is 10.1. The summed E-state index contributed by atoms with van der Waals surface area (Å²) < 4.78 is 34.7. The van der Waals surface area contributed by atoms with Crippen LogP contribution in [0.2, 0.25) is 0 Å². The SMILES string of the molecule is COc1ccc2c(c1)c(CC(=O)NCCNS(=O)(=O)c1ccc(N=Nc3ccc(N(C)C)cc3)cc1)c(C)n2C=O. The molecule has 11 nitrogen and oxygen atoms in total. The second kappa shape index (κ2) is 12.7. The quantitative estimate of drug-likeness (QED) is 0.148. The second-order valence-corrected chi connectivity index (χ2v) is 11.2. The summed E-state index contributed by atoms with van der Waals surface area (Å²) in [6, 6.07) is 18.9. The number of nitrogens with zero attached hydrogens (tertiary/aromatic N) is 4. The Labute approximate surface area is 238 Å². The van der Waals surface area contributed by atoms with E-state index in [4.69, 9.17) is 4.74 Å². The lowest BCUT2D eigenvalue weighted by Gasteiger charge is -2.11. The lowest BCUT2D eigenvalue weighted by molar-refractivity contribution is -0.120. The number of fused-ring (bicyclic) bond motifs is 1. The van der Waals surface area contributed by atoms with Gasteiger partial charge >= 0.3 is 0 Å². The largest absolute Gasteiger partial charge is 0.497 e. The van der Waals surface area contributed by atoms with E-state index in [1.54, 1.807) is 44.4 Å². The molecule has 1 amide bonds. The molecule has 214 valence electrons. The minimum Gasteiger partial charge on any atom is -0.497 e. The van der Waals surface area contributed by atoms with E-state index in [0.29, 0.717) is 40.3 Å². The molecule has 0 saturated heterocycles. The summed E-state index contributed by atoms with van der Waals surface area (Å²) in [5.74, 6) is 0.314. The zero-order chi connectivity index (χ0) is 29.6. The molecule has 12 heteroatoms. The molecule has 41 heavy (non-hydrogen) atoms. The van der Waals surface area contributed by atoms with E-state index < -0.39 is 10.0 Å². The predicted molar refractivity (Wildman–Crippen MR) is 159 cm³/mol. The van der Waals surface area contributed by atoms with Gasteiger partial charge in [-0.3, -0.25) is 14.2 Å². The average Bonchev–Trinajstić information content (AvgIpc) is 3.23. The molecule has 0 aliphatic rings. The molecular formula is C29H32N6O5S. The van der Waals surface area contributed by atoms with Gasteiger partial charge in [0.15, 0.2) is 0 Å². The van der Waals surface area contributed by atoms with Crippen molar-refractivity contribution in [1.29, 1.82) is 0 Å². The summed E-state index contributed by atoms with van der Waals surface area (Å²) >= 11 is 0. The smallest absolute Gasteiger partial charge is 0.240 e. The number of sulfonamides is 1. The van der Waals surface area contributed by atoms with Crippen molar-refractivity contribution in [3.63, 3.8) is 0 Å². The third-order valence-electron chi connectivity index (χ3n) is 6.56. The molecule has 4 rings (SSSR count). The van der Waals surface area contributed by atoms with Gasteiger partial charge < -0.3 is 15.0 Å². The fourth-order valence-electron chi connectivity index (χ4n) is 4.29. The molecule has 0 aliphatic carbocycles. The van der Waals surface area contributed by atoms with E-state index >= 15 is 0 Å². The van der Waals surface area contributed by atoms with Crippen LogP contribution in [0.5, 0.6) is 5.75 Å². The van der Waals surface area contributed by atoms with Gasteiger partial charge in [-0.25, -0.2) is 13.1 Å². The highest BCUT2D eigenvalue weighted by Crippen LogP contribution is 2.29. The Morgan fingerprint density at radius 2 is 1.61 bits per heavy atom. The number of nitrogens with one attached hydrogen (secondary N) is 2. The maximum Gasteiger partial charge on any atom is 0.240 e. The molecule has 0 aliphatic heterocycles. The Bertz CT molecular complexity index is 1680. The van der Waals surface area contributed by atoms with Crippen molar-refractivity contribution < 1.29 is 22.7 Å². The van der Waals surface area contributed by atoms with Gasteiger partial charge in [-0.05, 0) is 79.2 Å². The number of azo groups is 1. The number of hydrogen-bond donors (Lipinski definition) is 2. The predicted octanol–water partition coefficient (Wildman–Crippen LogP) is 4.12. The lowest BCUT2D eigenvalue weighted by Crippen LogP contribution is -2.35. The first-order valence-corrected chi connectivity index (χ1v) is 14.3. The molecule has 1 heterocycles. The Hall–Kier alpha value is -4.55. The van der Waals surface area contributed by atoms with Crippen molar-refractivity contribution in [2.45, 2.75) is 18.2 Å². The highest BCUT2D eigenvalue weighted by molar-refractivity contribution is 7.89. The molecule has 0 saturated carbocycles. The minimum atomic E-state index is -3.79. The molecule has 0 spiro atoms. The summed E-state index contributed by atoms with van der Waals surface area (Å²) in [6.45, 7) is 1.86. The summed E-state index contributed by atoms with van der Waals surface area (Å²) in [6.07, 6.45) is 0.735. The van der Waals surface area contributed by atoms with Crippen LogP contribution in [0.4, 0.5) is 17.1 Å². The van der Waals surface area contributed by atoms with E-state index in [0.717, 1.165) is 11.1 Å². The van der Waals surface area contributed by atoms with E-state index in [1.165, 1.54) is 16.7 Å². The monoisotopic (exact) mass is 576 g/mol. The number of amides is 1. The van der Waals surface area contributed by atoms with Gasteiger partial charge in [-0.15, -0.1) is 0 Å². The number of rotatable bonds is 12. The van der Waals surface area contributed by atoms with Crippen LogP contribution >= 0.6 is 0 Å². The van der Waals surface area contributed by atoms with Crippen LogP contribution in [-0.4, -0.2) is 59.6 Å². The molecule has 4 aromatic rings. The highest BCUT2D eigenvalue weighted by atomic mass is 32.2. The van der Waals surface area contributed by atoms with Crippen molar-refractivity contribution in [3.05, 3.63) is 78.0 Å². The normalized spacial score (nSPS) is 11.6. The topological polar surface area (TPSA) is 134 Å². The van der Waals surface area contributed by atoms with Crippen LogP contribution < -0.4 is 19.7 Å². The summed E-state index contributed by atoms with van der Waals surface area (Å²) in [5, 5.41) is 11.8. The van der Waals surface area contributed by atoms with E-state index in [2.05, 4.69) is 20.3 Å². The molecule has 0 fully saturated rings. The van der Waals surface area contributed by atoms with Gasteiger partial charge in [0, 0.05) is 44.0 Å². The molecule has 0 atom stereocenters. The number of methoxy groups -OCH3 is 1. The fraction of sp³-hybridized carbons (Fsp3) is 0.241. The first kappa shape index (κ1) is 29.4. The van der Waals surface area contributed by atoms with Crippen LogP contribution in [0.1, 0.15) is 11.3 Å². The van der Waals surface area contributed by atoms with Gasteiger partial charge in [0.1, 0.15) is 5.75 Å². The van der Waals surface area contributed by atoms with Crippen LogP contribution in [0, 0.1) is 6.92 Å². The number of benzene rings is 3. The van der Waals surface area contributed by atoms with Crippen molar-refractivity contribution >= 4 is 50.3 Å². The molecule has 0 radical (unpaired) electrons. The zero-order valence-corrected chi connectivity index (χ0v) is 24.1. The number of carbonyl (C=O) groups is 2. The van der Waals surface area contributed by atoms with E-state index in [-0.39, 0.29) is 30.3 Å². The van der Waals surface area contributed by atoms with Crippen molar-refractivity contribution in [3.8, 4) is 5.75 Å². The van der Waals surface area contributed by atoms with Gasteiger partial charge in [-0.1, -0.05) is 0 Å². The van der Waals surface area contributed by atoms with Gasteiger partial charge in [0.25, 0.3) is 0 Å². The van der Waals surface area contributed by atoms with Crippen LogP contribution in [0.3, 0.4) is 0 Å². The fourth-order valence-corrected chi connectivity index (χ4v) is 5.32. The summed E-state index contributed by atoms with van der Waals surface area (Å²) in [4.78, 5) is 26.3. The third-order valence-corrected chi connectivity index (χ3v) is 8.04. The molecule has 3 aromatic carbocycles. The second-order valence-electron chi connectivity index (χ2n) is 9.45. The summed E-state index contributed by atoms with van der Waals surface area (Å²) in [5.41, 5.74) is 4.28. The average molecular weight is 577 g/mol. The third kappa shape index (κ3) is 6.97. The van der Waals surface area contributed by atoms with Crippen molar-refractivity contribution in [2.75, 3.05) is 39.2 Å². The van der Waals surface area contributed by atoms with Gasteiger partial charge in [0.05, 0.1) is 35.3 Å². The first-order valence-electron chi connectivity index (χ1n) is 12.8. The number of ether oxygens (including phenoxy) is 1. The van der Waals surface area contributed by atoms with Crippen LogP contribution in [0.25, 0.3) is 10.9 Å². The van der Waals surface area contributed by atoms with Gasteiger partial charge in [0.2, 0.25) is 22.3 Å². The van der Waals surface area contributed by atoms with Gasteiger partial charge in [-0.2, -0.15) is 10.2 Å². The molecular weight excluding hydrogens is 544 g/mol. The maximum atomic E-state index is 12.7. The number of carbonyl (C=O) groups excluding carboxylic acids is 2. The Kier molecular flexibility index (Phi) is 9.15. The molecule has 0 bridgehead atoms. The van der Waals surface area contributed by atoms with E-state index in [9.17, 15) is 18.0 Å². The highest BCUT2D eigenvalue weighted by Gasteiger charge is 2.18. The Morgan fingerprint density at radius 1 is 0.976 bits per heavy atom. The Morgan fingerprint density at radius 3 is 2.20 bits per heavy atom. The molecule has 1 aromatic heterocycles. The minimum absolute atomic E-state index is 0.00137. The van der Waals surface area contributed by atoms with Crippen LogP contribution in [-0.2, 0) is 26.0 Å². The van der Waals surface area contributed by atoms with Crippen molar-refractivity contribution in [1.82, 2.24) is 14.6 Å². The molecule has 2 N–H and O–H groups in total. The molecule has 0 unspecified atom stereocenters. The first-order chi connectivity index (χ1) is 19.6. The van der Waals surface area contributed by atoms with Crippen LogP contribution in [0.15, 0.2) is 81.9 Å². The zero-order valence-electron chi connectivity index (χ0n) is 23.3. The standard InChI is InChI=1S/C29H32N6O5S/c1-20-26(27-17-24(40-4)11-14-28(27)35(20)19-36)18-29(37)30-15-16-31-41(38,39)25-12-7-22(8-13-25)33-32-21-5-9-23(10-6-21)34(2)3/h5-14,17,19,31H,15-16,18H2,1-4H3,(H,30,37). The van der Waals surface area contributed by atoms with E-state index in [1.807, 2.05) is 43.3 Å². The number of hydrogen-bond acceptors (Lipinski definition) is 8. The Balaban J connectivity index is 1.31. The summed E-state index contributed by atoms with van der Waals surface area (Å²) in [7, 11) is 1.66. The maximum absolute atomic E-state index is 12.7. The van der Waals surface area contributed by atoms with Crippen molar-refractivity contribution in [2.24, 2.45) is 10.2 Å². The number of anilines is 1.